The van der Waals surface area contributed by atoms with Crippen LogP contribution >= 0.6 is 0 Å². The lowest BCUT2D eigenvalue weighted by atomic mass is 9.78. The van der Waals surface area contributed by atoms with Crippen molar-refractivity contribution >= 4 is 18.3 Å². The van der Waals surface area contributed by atoms with E-state index >= 15 is 0 Å². The van der Waals surface area contributed by atoms with E-state index in [1.807, 2.05) is 0 Å². The number of nitrogens with two attached hydrogens (primary N) is 1. The molecule has 1 atom stereocenters. The quantitative estimate of drug-likeness (QED) is 0.443. The SMILES string of the molecule is CC1OB(O)c2c(F)ccc(N)c21. The predicted octanol–water partition coefficient (Wildman–Crippen LogP) is 0.187. The fourth-order valence-electron chi connectivity index (χ4n) is 1.66. The van der Waals surface area contributed by atoms with Gasteiger partial charge < -0.3 is 15.4 Å². The van der Waals surface area contributed by atoms with E-state index < -0.39 is 12.9 Å². The third-order valence-corrected chi connectivity index (χ3v) is 2.25. The molecular formula is C8H9BFNO2. The van der Waals surface area contributed by atoms with Gasteiger partial charge in [0.15, 0.2) is 0 Å². The molecule has 0 fully saturated rings. The molecule has 1 aliphatic heterocycles. The van der Waals surface area contributed by atoms with E-state index in [0.29, 0.717) is 11.3 Å². The first kappa shape index (κ1) is 8.53. The Morgan fingerprint density at radius 1 is 1.62 bits per heavy atom. The number of nitrogen functional groups attached to an aromatic ring is 1. The standard InChI is InChI=1S/C8H9BFNO2/c1-4-7-6(11)3-2-5(10)8(7)9(12)13-4/h2-4,12H,11H2,1H3. The molecule has 68 valence electrons. The second-order valence-corrected chi connectivity index (χ2v) is 3.09. The monoisotopic (exact) mass is 181 g/mol. The Labute approximate surface area is 75.5 Å². The molecule has 3 N–H and O–H groups in total. The van der Waals surface area contributed by atoms with E-state index in [-0.39, 0.29) is 11.6 Å². The van der Waals surface area contributed by atoms with E-state index in [4.69, 9.17) is 10.4 Å². The highest BCUT2D eigenvalue weighted by Crippen LogP contribution is 2.28. The first-order chi connectivity index (χ1) is 6.11. The molecule has 0 bridgehead atoms. The topological polar surface area (TPSA) is 55.5 Å². The zero-order chi connectivity index (χ0) is 9.59. The van der Waals surface area contributed by atoms with Crippen LogP contribution in [0.25, 0.3) is 0 Å². The van der Waals surface area contributed by atoms with Crippen molar-refractivity contribution in [3.63, 3.8) is 0 Å². The molecule has 0 aliphatic carbocycles. The number of anilines is 1. The van der Waals surface area contributed by atoms with Gasteiger partial charge in [0.2, 0.25) is 0 Å². The molecule has 0 amide bonds. The van der Waals surface area contributed by atoms with Crippen LogP contribution < -0.4 is 11.2 Å². The van der Waals surface area contributed by atoms with Crippen molar-refractivity contribution < 1.29 is 14.1 Å². The molecule has 5 heteroatoms. The molecule has 0 spiro atoms. The number of halogens is 1. The lowest BCUT2D eigenvalue weighted by Crippen LogP contribution is -2.31. The van der Waals surface area contributed by atoms with Gasteiger partial charge in [-0.25, -0.2) is 4.39 Å². The van der Waals surface area contributed by atoms with Crippen molar-refractivity contribution in [1.29, 1.82) is 0 Å². The van der Waals surface area contributed by atoms with Gasteiger partial charge in [0, 0.05) is 16.7 Å². The largest absolute Gasteiger partial charge is 0.495 e. The van der Waals surface area contributed by atoms with Crippen molar-refractivity contribution in [1.82, 2.24) is 0 Å². The van der Waals surface area contributed by atoms with Crippen LogP contribution in [-0.2, 0) is 4.65 Å². The number of benzene rings is 1. The number of hydrogen-bond acceptors (Lipinski definition) is 3. The molecule has 0 saturated carbocycles. The van der Waals surface area contributed by atoms with Gasteiger partial charge in [-0.15, -0.1) is 0 Å². The maximum Gasteiger partial charge on any atom is 0.495 e. The Morgan fingerprint density at radius 2 is 2.31 bits per heavy atom. The Balaban J connectivity index is 2.67. The summed E-state index contributed by atoms with van der Waals surface area (Å²) in [6.45, 7) is 1.73. The number of rotatable bonds is 0. The summed E-state index contributed by atoms with van der Waals surface area (Å²) in [4.78, 5) is 0. The summed E-state index contributed by atoms with van der Waals surface area (Å²) in [5, 5.41) is 9.34. The molecule has 1 aliphatic rings. The second kappa shape index (κ2) is 2.72. The van der Waals surface area contributed by atoms with Crippen LogP contribution in [0.5, 0.6) is 0 Å². The highest BCUT2D eigenvalue weighted by molar-refractivity contribution is 6.62. The minimum absolute atomic E-state index is 0.174. The van der Waals surface area contributed by atoms with E-state index in [9.17, 15) is 9.41 Å². The van der Waals surface area contributed by atoms with Gasteiger partial charge in [-0.1, -0.05) is 0 Å². The van der Waals surface area contributed by atoms with Gasteiger partial charge in [0.1, 0.15) is 5.82 Å². The maximum absolute atomic E-state index is 13.2. The van der Waals surface area contributed by atoms with Gasteiger partial charge in [-0.3, -0.25) is 0 Å². The van der Waals surface area contributed by atoms with E-state index in [2.05, 4.69) is 0 Å². The van der Waals surface area contributed by atoms with Gasteiger partial charge in [-0.05, 0) is 19.1 Å². The maximum atomic E-state index is 13.2. The summed E-state index contributed by atoms with van der Waals surface area (Å²) >= 11 is 0. The lowest BCUT2D eigenvalue weighted by Gasteiger charge is -2.07. The smallest absolute Gasteiger partial charge is 0.423 e. The second-order valence-electron chi connectivity index (χ2n) is 3.09. The van der Waals surface area contributed by atoms with Crippen LogP contribution in [0.4, 0.5) is 10.1 Å². The predicted molar refractivity (Wildman–Crippen MR) is 47.9 cm³/mol. The van der Waals surface area contributed by atoms with Gasteiger partial charge in [-0.2, -0.15) is 0 Å². The van der Waals surface area contributed by atoms with Crippen molar-refractivity contribution in [2.24, 2.45) is 0 Å². The van der Waals surface area contributed by atoms with Crippen LogP contribution in [0.2, 0.25) is 0 Å². The average Bonchev–Trinajstić information content (AvgIpc) is 2.36. The average molecular weight is 181 g/mol. The molecule has 0 aromatic heterocycles. The van der Waals surface area contributed by atoms with Gasteiger partial charge in [0.25, 0.3) is 0 Å². The van der Waals surface area contributed by atoms with Crippen molar-refractivity contribution in [3.05, 3.63) is 23.5 Å². The lowest BCUT2D eigenvalue weighted by molar-refractivity contribution is 0.209. The minimum atomic E-state index is -1.19. The zero-order valence-electron chi connectivity index (χ0n) is 7.12. The van der Waals surface area contributed by atoms with Crippen molar-refractivity contribution in [2.45, 2.75) is 13.0 Å². The Kier molecular flexibility index (Phi) is 1.78. The first-order valence-corrected chi connectivity index (χ1v) is 4.02. The molecule has 13 heavy (non-hydrogen) atoms. The van der Waals surface area contributed by atoms with Gasteiger partial charge >= 0.3 is 7.12 Å². The number of hydrogen-bond donors (Lipinski definition) is 2. The highest BCUT2D eigenvalue weighted by Gasteiger charge is 2.36. The summed E-state index contributed by atoms with van der Waals surface area (Å²) in [6.07, 6.45) is -0.347. The van der Waals surface area contributed by atoms with Crippen LogP contribution in [0, 0.1) is 5.82 Å². The Bertz CT molecular complexity index is 325. The molecule has 3 nitrogen and oxygen atoms in total. The third-order valence-electron chi connectivity index (χ3n) is 2.25. The van der Waals surface area contributed by atoms with Crippen LogP contribution in [0.3, 0.4) is 0 Å². The van der Waals surface area contributed by atoms with E-state index in [1.165, 1.54) is 12.1 Å². The summed E-state index contributed by atoms with van der Waals surface area (Å²) in [5.74, 6) is -0.471. The molecule has 0 radical (unpaired) electrons. The van der Waals surface area contributed by atoms with Crippen LogP contribution in [0.15, 0.2) is 12.1 Å². The fourth-order valence-corrected chi connectivity index (χ4v) is 1.66. The van der Waals surface area contributed by atoms with E-state index in [0.717, 1.165) is 0 Å². The molecule has 0 saturated heterocycles. The van der Waals surface area contributed by atoms with Crippen molar-refractivity contribution in [2.75, 3.05) is 5.73 Å². The summed E-state index contributed by atoms with van der Waals surface area (Å²) < 4.78 is 18.2. The minimum Gasteiger partial charge on any atom is -0.423 e. The van der Waals surface area contributed by atoms with Gasteiger partial charge in [0.05, 0.1) is 6.10 Å². The fraction of sp³-hybridized carbons (Fsp3) is 0.250. The summed E-state index contributed by atoms with van der Waals surface area (Å²) in [5.41, 5.74) is 6.83. The highest BCUT2D eigenvalue weighted by atomic mass is 19.1. The molecule has 1 aromatic rings. The molecule has 1 unspecified atom stereocenters. The summed E-state index contributed by atoms with van der Waals surface area (Å²) in [7, 11) is -1.19. The van der Waals surface area contributed by atoms with Crippen LogP contribution in [0.1, 0.15) is 18.6 Å². The molecular weight excluding hydrogens is 172 g/mol. The van der Waals surface area contributed by atoms with Crippen molar-refractivity contribution in [3.8, 4) is 0 Å². The third kappa shape index (κ3) is 1.12. The molecule has 1 heterocycles. The normalized spacial score (nSPS) is 20.5. The van der Waals surface area contributed by atoms with E-state index in [1.54, 1.807) is 6.92 Å². The Hall–Kier alpha value is -1.07. The number of fused-ring (bicyclic) bond motifs is 1. The van der Waals surface area contributed by atoms with Crippen LogP contribution in [-0.4, -0.2) is 12.1 Å². The first-order valence-electron chi connectivity index (χ1n) is 4.02. The summed E-state index contributed by atoms with van der Waals surface area (Å²) in [6, 6.07) is 2.71. The molecule has 1 aromatic carbocycles. The molecule has 2 rings (SSSR count). The Morgan fingerprint density at radius 3 is 2.92 bits per heavy atom. The zero-order valence-corrected chi connectivity index (χ0v) is 7.12.